The van der Waals surface area contributed by atoms with E-state index >= 15 is 0 Å². The van der Waals surface area contributed by atoms with Crippen LogP contribution in [0.3, 0.4) is 0 Å². The number of nitrogens with zero attached hydrogens (tertiary/aromatic N) is 1. The van der Waals surface area contributed by atoms with Gasteiger partial charge in [0.15, 0.2) is 0 Å². The topological polar surface area (TPSA) is 82.1 Å². The van der Waals surface area contributed by atoms with E-state index in [9.17, 15) is 14.7 Å². The van der Waals surface area contributed by atoms with Gasteiger partial charge in [-0.15, -0.1) is 0 Å². The quantitative estimate of drug-likeness (QED) is 0.256. The summed E-state index contributed by atoms with van der Waals surface area (Å²) in [6.07, 6.45) is 3.64. The molecule has 0 saturated carbocycles. The standard InChI is InChI=1S/C34H40NO6.BrH/c1-3-39-32(36)19-20-40-30-16-10-11-25(21-30)24-35(2)28-17-18-29(35)23-31(22-28)41-33(37)34(38,26-12-6-4-7-13-26)27-14-8-5-9-15-27;/h4-16,21,28-29,31,38H,3,17-20,22-24H2,1-2H3;1H/q+1;/p-1/t28-,29+,31+,35-;. The van der Waals surface area contributed by atoms with Crippen molar-refractivity contribution in [3.63, 3.8) is 0 Å². The molecule has 3 aromatic carbocycles. The van der Waals surface area contributed by atoms with E-state index in [-0.39, 0.29) is 42.1 Å². The highest BCUT2D eigenvalue weighted by Crippen LogP contribution is 2.44. The van der Waals surface area contributed by atoms with E-state index < -0.39 is 11.6 Å². The largest absolute Gasteiger partial charge is 1.00 e. The van der Waals surface area contributed by atoms with Gasteiger partial charge in [0.1, 0.15) is 18.4 Å². The Morgan fingerprint density at radius 2 is 1.50 bits per heavy atom. The van der Waals surface area contributed by atoms with E-state index in [1.165, 1.54) is 5.56 Å². The normalized spacial score (nSPS) is 23.0. The van der Waals surface area contributed by atoms with Gasteiger partial charge in [-0.05, 0) is 30.2 Å². The van der Waals surface area contributed by atoms with Crippen LogP contribution < -0.4 is 21.7 Å². The van der Waals surface area contributed by atoms with Crippen molar-refractivity contribution in [3.8, 4) is 5.75 Å². The fourth-order valence-electron chi connectivity index (χ4n) is 6.66. The summed E-state index contributed by atoms with van der Waals surface area (Å²) in [5, 5.41) is 11.8. The van der Waals surface area contributed by atoms with E-state index in [2.05, 4.69) is 19.2 Å². The first kappa shape index (κ1) is 31.7. The molecule has 0 spiro atoms. The van der Waals surface area contributed by atoms with Crippen LogP contribution in [0.2, 0.25) is 0 Å². The number of quaternary nitrogens is 1. The molecule has 8 heteroatoms. The summed E-state index contributed by atoms with van der Waals surface area (Å²) in [6.45, 7) is 3.29. The molecule has 2 bridgehead atoms. The zero-order valence-electron chi connectivity index (χ0n) is 24.3. The maximum atomic E-state index is 13.7. The second kappa shape index (κ2) is 13.8. The third-order valence-corrected chi connectivity index (χ3v) is 8.83. The molecular weight excluding hydrogens is 598 g/mol. The maximum Gasteiger partial charge on any atom is 0.347 e. The third kappa shape index (κ3) is 6.72. The number of ether oxygens (including phenoxy) is 3. The van der Waals surface area contributed by atoms with E-state index in [1.54, 1.807) is 31.2 Å². The Morgan fingerprint density at radius 3 is 2.07 bits per heavy atom. The van der Waals surface area contributed by atoms with Crippen LogP contribution in [0.4, 0.5) is 0 Å². The minimum absolute atomic E-state index is 0. The van der Waals surface area contributed by atoms with Crippen molar-refractivity contribution in [3.05, 3.63) is 102 Å². The molecule has 2 heterocycles. The Kier molecular flexibility index (Phi) is 10.5. The van der Waals surface area contributed by atoms with Gasteiger partial charge >= 0.3 is 11.9 Å². The molecular formula is C34H40BrNO6. The predicted octanol–water partition coefficient (Wildman–Crippen LogP) is 2.14. The number of esters is 2. The van der Waals surface area contributed by atoms with Crippen LogP contribution in [-0.4, -0.2) is 60.0 Å². The van der Waals surface area contributed by atoms with E-state index in [4.69, 9.17) is 14.2 Å². The number of carbonyl (C=O) groups is 2. The molecule has 5 rings (SSSR count). The first-order chi connectivity index (χ1) is 19.8. The molecule has 2 aliphatic heterocycles. The summed E-state index contributed by atoms with van der Waals surface area (Å²) in [7, 11) is 2.30. The predicted molar refractivity (Wildman–Crippen MR) is 155 cm³/mol. The van der Waals surface area contributed by atoms with Crippen molar-refractivity contribution in [1.82, 2.24) is 0 Å². The average molecular weight is 639 g/mol. The Hall–Kier alpha value is -3.20. The van der Waals surface area contributed by atoms with Crippen molar-refractivity contribution < 1.29 is 50.4 Å². The highest BCUT2D eigenvalue weighted by molar-refractivity contribution is 5.85. The zero-order chi connectivity index (χ0) is 28.9. The SMILES string of the molecule is CCOC(=O)CCOc1cccc(C[N@+]2(C)[C@@H]3CC[C@H]2C[C@@H](OC(=O)C(O)(c2ccccc2)c2ccccc2)C3)c1.[Br-]. The Balaban J connectivity index is 0.00000405. The number of aliphatic hydroxyl groups is 1. The third-order valence-electron chi connectivity index (χ3n) is 8.83. The molecule has 224 valence electrons. The van der Waals surface area contributed by atoms with Crippen LogP contribution >= 0.6 is 0 Å². The molecule has 4 atom stereocenters. The fourth-order valence-corrected chi connectivity index (χ4v) is 6.66. The molecule has 2 saturated heterocycles. The van der Waals surface area contributed by atoms with Gasteiger partial charge in [0.05, 0.1) is 38.8 Å². The summed E-state index contributed by atoms with van der Waals surface area (Å²) < 4.78 is 17.8. The maximum absolute atomic E-state index is 13.7. The number of benzene rings is 3. The van der Waals surface area contributed by atoms with Crippen LogP contribution in [0.1, 0.15) is 55.7 Å². The summed E-state index contributed by atoms with van der Waals surface area (Å²) in [6, 6.07) is 26.8. The van der Waals surface area contributed by atoms with Crippen LogP contribution in [0, 0.1) is 0 Å². The molecule has 7 nitrogen and oxygen atoms in total. The summed E-state index contributed by atoms with van der Waals surface area (Å²) in [5.41, 5.74) is 0.307. The minimum Gasteiger partial charge on any atom is -1.00 e. The summed E-state index contributed by atoms with van der Waals surface area (Å²) in [5.74, 6) is -0.133. The van der Waals surface area contributed by atoms with Crippen molar-refractivity contribution in [2.45, 2.75) is 69.4 Å². The first-order valence-corrected chi connectivity index (χ1v) is 14.6. The van der Waals surface area contributed by atoms with Crippen molar-refractivity contribution in [1.29, 1.82) is 0 Å². The lowest BCUT2D eigenvalue weighted by molar-refractivity contribution is -0.961. The lowest BCUT2D eigenvalue weighted by Crippen LogP contribution is -3.00. The summed E-state index contributed by atoms with van der Waals surface area (Å²) in [4.78, 5) is 25.3. The second-order valence-electron chi connectivity index (χ2n) is 11.4. The number of rotatable bonds is 11. The lowest BCUT2D eigenvalue weighted by atomic mass is 9.86. The number of hydrogen-bond acceptors (Lipinski definition) is 6. The van der Waals surface area contributed by atoms with Gasteiger partial charge in [0.25, 0.3) is 0 Å². The van der Waals surface area contributed by atoms with E-state index in [0.717, 1.165) is 42.5 Å². The number of fused-ring (bicyclic) bond motifs is 2. The number of hydrogen-bond donors (Lipinski definition) is 1. The van der Waals surface area contributed by atoms with Crippen molar-refractivity contribution in [2.75, 3.05) is 20.3 Å². The Labute approximate surface area is 258 Å². The number of carbonyl (C=O) groups excluding carboxylic acids is 2. The molecule has 0 unspecified atom stereocenters. The van der Waals surface area contributed by atoms with E-state index in [0.29, 0.717) is 29.8 Å². The zero-order valence-corrected chi connectivity index (χ0v) is 25.9. The second-order valence-corrected chi connectivity index (χ2v) is 11.4. The highest BCUT2D eigenvalue weighted by atomic mass is 79.9. The van der Waals surface area contributed by atoms with Crippen molar-refractivity contribution >= 4 is 11.9 Å². The summed E-state index contributed by atoms with van der Waals surface area (Å²) >= 11 is 0. The van der Waals surface area contributed by atoms with Gasteiger partial charge in [-0.2, -0.15) is 0 Å². The van der Waals surface area contributed by atoms with Crippen LogP contribution in [-0.2, 0) is 31.2 Å². The Morgan fingerprint density at radius 1 is 0.905 bits per heavy atom. The van der Waals surface area contributed by atoms with Gasteiger partial charge in [-0.1, -0.05) is 72.8 Å². The van der Waals surface area contributed by atoms with Crippen LogP contribution in [0.15, 0.2) is 84.9 Å². The first-order valence-electron chi connectivity index (χ1n) is 14.6. The van der Waals surface area contributed by atoms with Gasteiger partial charge in [-0.25, -0.2) is 4.79 Å². The van der Waals surface area contributed by atoms with Crippen molar-refractivity contribution in [2.24, 2.45) is 0 Å². The molecule has 2 aliphatic rings. The van der Waals surface area contributed by atoms with Gasteiger partial charge in [0, 0.05) is 31.2 Å². The average Bonchev–Trinajstić information content (AvgIpc) is 3.12. The molecule has 0 aromatic heterocycles. The molecule has 0 amide bonds. The van der Waals surface area contributed by atoms with Crippen LogP contribution in [0.5, 0.6) is 5.75 Å². The van der Waals surface area contributed by atoms with Gasteiger partial charge < -0.3 is 40.8 Å². The highest BCUT2D eigenvalue weighted by Gasteiger charge is 2.53. The monoisotopic (exact) mass is 637 g/mol. The molecule has 42 heavy (non-hydrogen) atoms. The molecule has 3 aromatic rings. The minimum atomic E-state index is -1.87. The molecule has 1 N–H and O–H groups in total. The number of halogens is 1. The molecule has 0 radical (unpaired) electrons. The smallest absolute Gasteiger partial charge is 0.347 e. The van der Waals surface area contributed by atoms with Gasteiger partial charge in [0.2, 0.25) is 5.60 Å². The van der Waals surface area contributed by atoms with E-state index in [1.807, 2.05) is 48.5 Å². The molecule has 2 fully saturated rings. The fraction of sp³-hybridized carbons (Fsp3) is 0.412. The van der Waals surface area contributed by atoms with Crippen LogP contribution in [0.25, 0.3) is 0 Å². The van der Waals surface area contributed by atoms with Gasteiger partial charge in [-0.3, -0.25) is 4.79 Å². The Bertz CT molecular complexity index is 1280. The molecule has 0 aliphatic carbocycles. The number of piperidine rings is 1. The lowest BCUT2D eigenvalue weighted by Gasteiger charge is -2.47.